The van der Waals surface area contributed by atoms with E-state index in [9.17, 15) is 4.79 Å². The van der Waals surface area contributed by atoms with Crippen molar-refractivity contribution >= 4 is 5.91 Å². The Morgan fingerprint density at radius 1 is 1.22 bits per heavy atom. The number of hydrazine groups is 1. The summed E-state index contributed by atoms with van der Waals surface area (Å²) < 4.78 is 16.7. The van der Waals surface area contributed by atoms with Gasteiger partial charge in [-0.1, -0.05) is 0 Å². The predicted molar refractivity (Wildman–Crippen MR) is 64.6 cm³/mol. The van der Waals surface area contributed by atoms with Gasteiger partial charge < -0.3 is 14.2 Å². The molecule has 104 valence electrons. The van der Waals surface area contributed by atoms with Gasteiger partial charge in [0.2, 0.25) is 0 Å². The van der Waals surface area contributed by atoms with Crippen LogP contribution in [-0.2, 0) is 19.0 Å². The molecule has 0 radical (unpaired) electrons. The first-order valence-corrected chi connectivity index (χ1v) is 6.65. The largest absolute Gasteiger partial charge is 0.376 e. The highest BCUT2D eigenvalue weighted by molar-refractivity contribution is 5.80. The first-order valence-electron chi connectivity index (χ1n) is 6.65. The molecule has 2 saturated heterocycles. The first-order chi connectivity index (χ1) is 8.79. The van der Waals surface area contributed by atoms with Crippen LogP contribution in [-0.4, -0.2) is 44.0 Å². The van der Waals surface area contributed by atoms with Gasteiger partial charge in [0.25, 0.3) is 5.91 Å². The normalized spacial score (nSPS) is 32.4. The minimum atomic E-state index is -0.422. The summed E-state index contributed by atoms with van der Waals surface area (Å²) in [6, 6.07) is 0. The third-order valence-electron chi connectivity index (χ3n) is 3.42. The summed E-state index contributed by atoms with van der Waals surface area (Å²) in [6.07, 6.45) is 4.78. The lowest BCUT2D eigenvalue weighted by Gasteiger charge is -2.23. The van der Waals surface area contributed by atoms with Gasteiger partial charge in [-0.2, -0.15) is 0 Å². The number of nitrogens with one attached hydrogen (secondary N) is 1. The van der Waals surface area contributed by atoms with Gasteiger partial charge in [0, 0.05) is 6.61 Å². The molecule has 3 atom stereocenters. The molecule has 6 nitrogen and oxygen atoms in total. The average Bonchev–Trinajstić information content (AvgIpc) is 2.88. The van der Waals surface area contributed by atoms with Crippen LogP contribution in [0.15, 0.2) is 0 Å². The Labute approximate surface area is 107 Å². The number of carbonyl (C=O) groups is 1. The molecule has 0 spiro atoms. The summed E-state index contributed by atoms with van der Waals surface area (Å²) in [5.74, 6) is 4.81. The minimum absolute atomic E-state index is 0.00381. The van der Waals surface area contributed by atoms with E-state index in [0.29, 0.717) is 19.6 Å². The van der Waals surface area contributed by atoms with Crippen molar-refractivity contribution in [1.29, 1.82) is 0 Å². The Morgan fingerprint density at radius 3 is 2.78 bits per heavy atom. The molecule has 3 N–H and O–H groups in total. The third kappa shape index (κ3) is 3.91. The Balaban J connectivity index is 1.58. The fourth-order valence-corrected chi connectivity index (χ4v) is 2.38. The number of nitrogens with two attached hydrogens (primary N) is 1. The molecule has 6 heteroatoms. The van der Waals surface area contributed by atoms with Gasteiger partial charge in [-0.05, 0) is 32.1 Å². The second kappa shape index (κ2) is 7.04. The summed E-state index contributed by atoms with van der Waals surface area (Å²) in [6.45, 7) is 1.98. The van der Waals surface area contributed by atoms with Gasteiger partial charge in [0.1, 0.15) is 6.10 Å². The van der Waals surface area contributed by atoms with Crippen LogP contribution >= 0.6 is 0 Å². The van der Waals surface area contributed by atoms with E-state index in [2.05, 4.69) is 5.43 Å². The Morgan fingerprint density at radius 2 is 2.06 bits per heavy atom. The van der Waals surface area contributed by atoms with Crippen LogP contribution in [0.5, 0.6) is 0 Å². The number of rotatable bonds is 5. The molecular weight excluding hydrogens is 236 g/mol. The SMILES string of the molecule is NNC(=O)C1CCC(COCC2CCCCO2)O1. The number of carbonyl (C=O) groups excluding carboxylic acids is 1. The van der Waals surface area contributed by atoms with Crippen molar-refractivity contribution in [2.45, 2.75) is 50.4 Å². The minimum Gasteiger partial charge on any atom is -0.376 e. The van der Waals surface area contributed by atoms with Crippen molar-refractivity contribution in [1.82, 2.24) is 5.43 Å². The predicted octanol–water partition coefficient (Wildman–Crippen LogP) is 0.110. The summed E-state index contributed by atoms with van der Waals surface area (Å²) in [4.78, 5) is 11.3. The van der Waals surface area contributed by atoms with E-state index >= 15 is 0 Å². The van der Waals surface area contributed by atoms with Crippen LogP contribution in [0.4, 0.5) is 0 Å². The maximum absolute atomic E-state index is 11.3. The highest BCUT2D eigenvalue weighted by Gasteiger charge is 2.30. The molecule has 0 saturated carbocycles. The van der Waals surface area contributed by atoms with Crippen molar-refractivity contribution < 1.29 is 19.0 Å². The molecule has 2 fully saturated rings. The van der Waals surface area contributed by atoms with Crippen molar-refractivity contribution in [2.24, 2.45) is 5.84 Å². The fraction of sp³-hybridized carbons (Fsp3) is 0.917. The monoisotopic (exact) mass is 258 g/mol. The highest BCUT2D eigenvalue weighted by Crippen LogP contribution is 2.20. The second-order valence-corrected chi connectivity index (χ2v) is 4.86. The van der Waals surface area contributed by atoms with Gasteiger partial charge in [-0.3, -0.25) is 10.2 Å². The first kappa shape index (κ1) is 13.7. The number of ether oxygens (including phenoxy) is 3. The number of hydrogen-bond acceptors (Lipinski definition) is 5. The lowest BCUT2D eigenvalue weighted by molar-refractivity contribution is -0.134. The zero-order valence-corrected chi connectivity index (χ0v) is 10.6. The molecule has 2 aliphatic rings. The molecule has 0 aromatic carbocycles. The summed E-state index contributed by atoms with van der Waals surface area (Å²) in [5.41, 5.74) is 2.11. The Bertz CT molecular complexity index is 269. The van der Waals surface area contributed by atoms with Gasteiger partial charge >= 0.3 is 0 Å². The standard InChI is InChI=1S/C12H22N2O4/c13-14-12(15)11-5-4-10(18-11)8-16-7-9-3-1-2-6-17-9/h9-11H,1-8,13H2,(H,14,15). The van der Waals surface area contributed by atoms with Crippen LogP contribution in [0.3, 0.4) is 0 Å². The molecular formula is C12H22N2O4. The molecule has 0 aliphatic carbocycles. The molecule has 2 rings (SSSR count). The average molecular weight is 258 g/mol. The van der Waals surface area contributed by atoms with Gasteiger partial charge in [0.15, 0.2) is 0 Å². The summed E-state index contributed by atoms with van der Waals surface area (Å²) >= 11 is 0. The maximum atomic E-state index is 11.3. The van der Waals surface area contributed by atoms with Crippen molar-refractivity contribution in [3.63, 3.8) is 0 Å². The smallest absolute Gasteiger partial charge is 0.263 e. The van der Waals surface area contributed by atoms with E-state index in [0.717, 1.165) is 25.9 Å². The van der Waals surface area contributed by atoms with E-state index in [4.69, 9.17) is 20.1 Å². The van der Waals surface area contributed by atoms with E-state index in [-0.39, 0.29) is 18.1 Å². The van der Waals surface area contributed by atoms with Crippen LogP contribution in [0, 0.1) is 0 Å². The Hall–Kier alpha value is -0.690. The van der Waals surface area contributed by atoms with E-state index in [1.807, 2.05) is 0 Å². The summed E-state index contributed by atoms with van der Waals surface area (Å²) in [5, 5.41) is 0. The second-order valence-electron chi connectivity index (χ2n) is 4.86. The third-order valence-corrected chi connectivity index (χ3v) is 3.42. The fourth-order valence-electron chi connectivity index (χ4n) is 2.38. The molecule has 3 unspecified atom stereocenters. The van der Waals surface area contributed by atoms with Crippen molar-refractivity contribution in [3.8, 4) is 0 Å². The van der Waals surface area contributed by atoms with Crippen molar-refractivity contribution in [3.05, 3.63) is 0 Å². The quantitative estimate of drug-likeness (QED) is 0.415. The molecule has 2 aliphatic heterocycles. The molecule has 0 bridgehead atoms. The van der Waals surface area contributed by atoms with Gasteiger partial charge in [-0.15, -0.1) is 0 Å². The highest BCUT2D eigenvalue weighted by atomic mass is 16.6. The van der Waals surface area contributed by atoms with E-state index < -0.39 is 6.10 Å². The van der Waals surface area contributed by atoms with Crippen LogP contribution in [0.2, 0.25) is 0 Å². The number of amides is 1. The van der Waals surface area contributed by atoms with Crippen LogP contribution < -0.4 is 11.3 Å². The molecule has 0 aromatic heterocycles. The van der Waals surface area contributed by atoms with Gasteiger partial charge in [-0.25, -0.2) is 5.84 Å². The van der Waals surface area contributed by atoms with E-state index in [1.165, 1.54) is 6.42 Å². The topological polar surface area (TPSA) is 82.8 Å². The molecule has 0 aromatic rings. The lowest BCUT2D eigenvalue weighted by Crippen LogP contribution is -2.39. The Kier molecular flexibility index (Phi) is 5.37. The van der Waals surface area contributed by atoms with Crippen LogP contribution in [0.25, 0.3) is 0 Å². The van der Waals surface area contributed by atoms with Gasteiger partial charge in [0.05, 0.1) is 25.4 Å². The van der Waals surface area contributed by atoms with Crippen LogP contribution in [0.1, 0.15) is 32.1 Å². The summed E-state index contributed by atoms with van der Waals surface area (Å²) in [7, 11) is 0. The molecule has 2 heterocycles. The maximum Gasteiger partial charge on any atom is 0.263 e. The molecule has 18 heavy (non-hydrogen) atoms. The lowest BCUT2D eigenvalue weighted by atomic mass is 10.1. The molecule has 1 amide bonds. The zero-order valence-electron chi connectivity index (χ0n) is 10.6. The number of hydrogen-bond donors (Lipinski definition) is 2. The van der Waals surface area contributed by atoms with E-state index in [1.54, 1.807) is 0 Å². The van der Waals surface area contributed by atoms with Crippen molar-refractivity contribution in [2.75, 3.05) is 19.8 Å². The zero-order chi connectivity index (χ0) is 12.8.